The summed E-state index contributed by atoms with van der Waals surface area (Å²) in [5.74, 6) is 1.55. The number of amides is 1. The van der Waals surface area contributed by atoms with Gasteiger partial charge in [-0.1, -0.05) is 26.0 Å². The van der Waals surface area contributed by atoms with Crippen molar-refractivity contribution in [2.75, 3.05) is 13.2 Å². The fourth-order valence-corrected chi connectivity index (χ4v) is 2.40. The highest BCUT2D eigenvalue weighted by Gasteiger charge is 2.30. The molecular weight excluding hydrogens is 280 g/mol. The minimum absolute atomic E-state index is 0.0348. The molecule has 1 aromatic rings. The standard InChI is InChI=1S/C17H26N2O3/c1-11(2)16(18)17(20)19(12(3)4)9-13-10-21-14-7-5-6-8-15(14)22-13/h5-8,11-13,16H,9-10,18H2,1-4H3/t13?,16-/m0/s1. The second kappa shape index (κ2) is 7.01. The van der Waals surface area contributed by atoms with Crippen LogP contribution in [0.4, 0.5) is 0 Å². The molecule has 0 radical (unpaired) electrons. The number of rotatable bonds is 5. The van der Waals surface area contributed by atoms with Crippen LogP contribution in [-0.4, -0.2) is 42.1 Å². The largest absolute Gasteiger partial charge is 0.486 e. The van der Waals surface area contributed by atoms with Crippen LogP contribution in [0.25, 0.3) is 0 Å². The van der Waals surface area contributed by atoms with E-state index in [9.17, 15) is 4.79 Å². The smallest absolute Gasteiger partial charge is 0.240 e. The van der Waals surface area contributed by atoms with Crippen LogP contribution in [0.5, 0.6) is 11.5 Å². The van der Waals surface area contributed by atoms with Crippen LogP contribution in [0, 0.1) is 5.92 Å². The van der Waals surface area contributed by atoms with E-state index in [1.165, 1.54) is 0 Å². The van der Waals surface area contributed by atoms with Gasteiger partial charge in [-0.25, -0.2) is 0 Å². The second-order valence-corrected chi connectivity index (χ2v) is 6.35. The monoisotopic (exact) mass is 306 g/mol. The van der Waals surface area contributed by atoms with Gasteiger partial charge in [0.05, 0.1) is 12.6 Å². The first-order valence-corrected chi connectivity index (χ1v) is 7.84. The minimum atomic E-state index is -0.487. The number of nitrogens with two attached hydrogens (primary N) is 1. The van der Waals surface area contributed by atoms with E-state index in [1.807, 2.05) is 52.0 Å². The first-order chi connectivity index (χ1) is 10.4. The maximum Gasteiger partial charge on any atom is 0.240 e. The van der Waals surface area contributed by atoms with Crippen molar-refractivity contribution in [1.29, 1.82) is 0 Å². The quantitative estimate of drug-likeness (QED) is 0.904. The Morgan fingerprint density at radius 1 is 1.27 bits per heavy atom. The number of benzene rings is 1. The highest BCUT2D eigenvalue weighted by Crippen LogP contribution is 2.31. The summed E-state index contributed by atoms with van der Waals surface area (Å²) in [6, 6.07) is 7.16. The molecule has 122 valence electrons. The zero-order valence-corrected chi connectivity index (χ0v) is 13.8. The van der Waals surface area contributed by atoms with Gasteiger partial charge in [-0.15, -0.1) is 0 Å². The zero-order valence-electron chi connectivity index (χ0n) is 13.8. The third-order valence-corrected chi connectivity index (χ3v) is 3.88. The second-order valence-electron chi connectivity index (χ2n) is 6.35. The summed E-state index contributed by atoms with van der Waals surface area (Å²) in [4.78, 5) is 14.3. The zero-order chi connectivity index (χ0) is 16.3. The normalized spacial score (nSPS) is 18.4. The van der Waals surface area contributed by atoms with Gasteiger partial charge in [0.2, 0.25) is 5.91 Å². The number of para-hydroxylation sites is 2. The molecule has 22 heavy (non-hydrogen) atoms. The Labute approximate surface area is 132 Å². The SMILES string of the molecule is CC(C)[C@H](N)C(=O)N(CC1COc2ccccc2O1)C(C)C. The van der Waals surface area contributed by atoms with Crippen LogP contribution in [-0.2, 0) is 4.79 Å². The number of fused-ring (bicyclic) bond motifs is 1. The van der Waals surface area contributed by atoms with Gasteiger partial charge in [0.25, 0.3) is 0 Å². The molecule has 0 saturated carbocycles. The van der Waals surface area contributed by atoms with Gasteiger partial charge in [-0.3, -0.25) is 4.79 Å². The maximum absolute atomic E-state index is 12.5. The lowest BCUT2D eigenvalue weighted by Crippen LogP contribution is -2.53. The van der Waals surface area contributed by atoms with Crippen molar-refractivity contribution < 1.29 is 14.3 Å². The fourth-order valence-electron chi connectivity index (χ4n) is 2.40. The molecular formula is C17H26N2O3. The van der Waals surface area contributed by atoms with Crippen molar-refractivity contribution in [1.82, 2.24) is 4.90 Å². The van der Waals surface area contributed by atoms with E-state index in [1.54, 1.807) is 4.90 Å². The number of ether oxygens (including phenoxy) is 2. The lowest BCUT2D eigenvalue weighted by atomic mass is 10.0. The van der Waals surface area contributed by atoms with E-state index in [2.05, 4.69) is 0 Å². The average Bonchev–Trinajstić information content (AvgIpc) is 2.50. The summed E-state index contributed by atoms with van der Waals surface area (Å²) in [6.45, 7) is 8.80. The molecule has 0 fully saturated rings. The van der Waals surface area contributed by atoms with Crippen LogP contribution in [0.1, 0.15) is 27.7 Å². The van der Waals surface area contributed by atoms with Gasteiger partial charge in [0, 0.05) is 6.04 Å². The number of carbonyl (C=O) groups is 1. The first kappa shape index (κ1) is 16.6. The highest BCUT2D eigenvalue weighted by molar-refractivity contribution is 5.82. The molecule has 5 heteroatoms. The van der Waals surface area contributed by atoms with Crippen molar-refractivity contribution in [3.8, 4) is 11.5 Å². The molecule has 1 unspecified atom stereocenters. The lowest BCUT2D eigenvalue weighted by Gasteiger charge is -2.35. The molecule has 2 atom stereocenters. The van der Waals surface area contributed by atoms with Gasteiger partial charge in [0.1, 0.15) is 6.61 Å². The molecule has 1 aliphatic rings. The fraction of sp³-hybridized carbons (Fsp3) is 0.588. The number of hydrogen-bond donors (Lipinski definition) is 1. The molecule has 5 nitrogen and oxygen atoms in total. The Balaban J connectivity index is 2.05. The molecule has 1 aromatic carbocycles. The Hall–Kier alpha value is -1.75. The molecule has 0 saturated heterocycles. The van der Waals surface area contributed by atoms with Crippen LogP contribution < -0.4 is 15.2 Å². The first-order valence-electron chi connectivity index (χ1n) is 7.84. The van der Waals surface area contributed by atoms with Crippen LogP contribution in [0.15, 0.2) is 24.3 Å². The summed E-state index contributed by atoms with van der Waals surface area (Å²) in [5.41, 5.74) is 6.02. The van der Waals surface area contributed by atoms with Crippen molar-refractivity contribution in [2.45, 2.75) is 45.9 Å². The van der Waals surface area contributed by atoms with Gasteiger partial charge < -0.3 is 20.1 Å². The van der Waals surface area contributed by atoms with E-state index in [4.69, 9.17) is 15.2 Å². The van der Waals surface area contributed by atoms with Crippen molar-refractivity contribution >= 4 is 5.91 Å². The number of carbonyl (C=O) groups excluding carboxylic acids is 1. The van der Waals surface area contributed by atoms with Crippen molar-refractivity contribution in [3.63, 3.8) is 0 Å². The Morgan fingerprint density at radius 2 is 1.91 bits per heavy atom. The molecule has 1 amide bonds. The van der Waals surface area contributed by atoms with E-state index < -0.39 is 6.04 Å². The molecule has 0 aromatic heterocycles. The molecule has 2 rings (SSSR count). The summed E-state index contributed by atoms with van der Waals surface area (Å²) in [5, 5.41) is 0. The predicted molar refractivity (Wildman–Crippen MR) is 86.0 cm³/mol. The van der Waals surface area contributed by atoms with Gasteiger partial charge in [0.15, 0.2) is 17.6 Å². The molecule has 1 aliphatic heterocycles. The number of hydrogen-bond acceptors (Lipinski definition) is 4. The van der Waals surface area contributed by atoms with Crippen LogP contribution in [0.2, 0.25) is 0 Å². The van der Waals surface area contributed by atoms with E-state index >= 15 is 0 Å². The van der Waals surface area contributed by atoms with Crippen molar-refractivity contribution in [2.24, 2.45) is 11.7 Å². The van der Waals surface area contributed by atoms with E-state index in [0.717, 1.165) is 11.5 Å². The van der Waals surface area contributed by atoms with Gasteiger partial charge in [-0.05, 0) is 31.9 Å². The predicted octanol–water partition coefficient (Wildman–Crippen LogP) is 2.05. The molecule has 0 bridgehead atoms. The number of nitrogens with zero attached hydrogens (tertiary/aromatic N) is 1. The molecule has 0 aliphatic carbocycles. The third-order valence-electron chi connectivity index (χ3n) is 3.88. The topological polar surface area (TPSA) is 64.8 Å². The Kier molecular flexibility index (Phi) is 5.29. The lowest BCUT2D eigenvalue weighted by molar-refractivity contribution is -0.137. The van der Waals surface area contributed by atoms with Gasteiger partial charge in [-0.2, -0.15) is 0 Å². The summed E-state index contributed by atoms with van der Waals surface area (Å²) in [6.07, 6.45) is -0.180. The van der Waals surface area contributed by atoms with E-state index in [-0.39, 0.29) is 24.0 Å². The van der Waals surface area contributed by atoms with Crippen LogP contribution in [0.3, 0.4) is 0 Å². The van der Waals surface area contributed by atoms with Crippen LogP contribution >= 0.6 is 0 Å². The van der Waals surface area contributed by atoms with Crippen molar-refractivity contribution in [3.05, 3.63) is 24.3 Å². The minimum Gasteiger partial charge on any atom is -0.486 e. The Bertz CT molecular complexity index is 516. The maximum atomic E-state index is 12.5. The summed E-state index contributed by atoms with van der Waals surface area (Å²) < 4.78 is 11.7. The average molecular weight is 306 g/mol. The summed E-state index contributed by atoms with van der Waals surface area (Å²) >= 11 is 0. The molecule has 2 N–H and O–H groups in total. The third kappa shape index (κ3) is 3.71. The summed E-state index contributed by atoms with van der Waals surface area (Å²) in [7, 11) is 0. The van der Waals surface area contributed by atoms with E-state index in [0.29, 0.717) is 13.2 Å². The Morgan fingerprint density at radius 3 is 2.50 bits per heavy atom. The molecule has 1 heterocycles. The van der Waals surface area contributed by atoms with Gasteiger partial charge >= 0.3 is 0 Å². The highest BCUT2D eigenvalue weighted by atomic mass is 16.6. The molecule has 0 spiro atoms.